The largest absolute Gasteiger partial charge is 0.299 e. The van der Waals surface area contributed by atoms with E-state index in [9.17, 15) is 4.79 Å². The summed E-state index contributed by atoms with van der Waals surface area (Å²) in [5, 5.41) is 3.14. The maximum Gasteiger partial charge on any atom is 0.137 e. The Labute approximate surface area is 120 Å². The number of hydrogen-bond acceptors (Lipinski definition) is 2. The summed E-state index contributed by atoms with van der Waals surface area (Å²) in [6.07, 6.45) is 1.63. The lowest BCUT2D eigenvalue weighted by atomic mass is 10.1. The van der Waals surface area contributed by atoms with Crippen LogP contribution in [0.3, 0.4) is 0 Å². The van der Waals surface area contributed by atoms with Crippen molar-refractivity contribution in [1.29, 1.82) is 0 Å². The molecule has 0 N–H and O–H groups in total. The third-order valence-electron chi connectivity index (χ3n) is 2.67. The second kappa shape index (κ2) is 6.37. The summed E-state index contributed by atoms with van der Waals surface area (Å²) >= 11 is 13.8. The van der Waals surface area contributed by atoms with E-state index < -0.39 is 0 Å². The summed E-state index contributed by atoms with van der Waals surface area (Å²) in [7, 11) is 0. The van der Waals surface area contributed by atoms with Gasteiger partial charge in [0.05, 0.1) is 0 Å². The molecule has 18 heavy (non-hydrogen) atoms. The molecular weight excluding hydrogens is 287 g/mol. The molecule has 1 aromatic carbocycles. The van der Waals surface area contributed by atoms with E-state index in [0.29, 0.717) is 22.9 Å². The van der Waals surface area contributed by atoms with Crippen LogP contribution in [0.1, 0.15) is 16.9 Å². The van der Waals surface area contributed by atoms with Crippen LogP contribution in [0, 0.1) is 0 Å². The SMILES string of the molecule is O=C(CCc1cccs1)Cc1c(Cl)cccc1Cl. The number of carbonyl (C=O) groups is 1. The van der Waals surface area contributed by atoms with Gasteiger partial charge < -0.3 is 0 Å². The summed E-state index contributed by atoms with van der Waals surface area (Å²) in [6.45, 7) is 0. The van der Waals surface area contributed by atoms with Crippen molar-refractivity contribution < 1.29 is 4.79 Å². The van der Waals surface area contributed by atoms with Gasteiger partial charge in [-0.2, -0.15) is 0 Å². The normalized spacial score (nSPS) is 10.6. The van der Waals surface area contributed by atoms with Gasteiger partial charge in [-0.25, -0.2) is 0 Å². The summed E-state index contributed by atoms with van der Waals surface area (Å²) in [5.41, 5.74) is 0.733. The zero-order chi connectivity index (χ0) is 13.0. The van der Waals surface area contributed by atoms with Crippen molar-refractivity contribution in [3.05, 3.63) is 56.2 Å². The van der Waals surface area contributed by atoms with E-state index in [4.69, 9.17) is 23.2 Å². The first-order chi connectivity index (χ1) is 8.66. The molecule has 0 spiro atoms. The van der Waals surface area contributed by atoms with Crippen LogP contribution in [0.25, 0.3) is 0 Å². The first kappa shape index (κ1) is 13.6. The molecule has 0 fully saturated rings. The Kier molecular flexibility index (Phi) is 4.81. The molecule has 94 valence electrons. The smallest absolute Gasteiger partial charge is 0.137 e. The number of Topliss-reactive ketones (excluding diaryl/α,β-unsaturated/α-hetero) is 1. The van der Waals surface area contributed by atoms with E-state index in [0.717, 1.165) is 12.0 Å². The number of aryl methyl sites for hydroxylation is 1. The molecule has 0 amide bonds. The molecular formula is C14H12Cl2OS. The minimum Gasteiger partial charge on any atom is -0.299 e. The molecule has 1 aromatic heterocycles. The molecule has 0 saturated heterocycles. The number of thiophene rings is 1. The van der Waals surface area contributed by atoms with E-state index >= 15 is 0 Å². The van der Waals surface area contributed by atoms with Crippen molar-refractivity contribution in [2.75, 3.05) is 0 Å². The lowest BCUT2D eigenvalue weighted by Gasteiger charge is -2.05. The third kappa shape index (κ3) is 3.58. The topological polar surface area (TPSA) is 17.1 Å². The molecule has 2 aromatic rings. The summed E-state index contributed by atoms with van der Waals surface area (Å²) < 4.78 is 0. The minimum atomic E-state index is 0.165. The van der Waals surface area contributed by atoms with Gasteiger partial charge in [-0.1, -0.05) is 35.3 Å². The van der Waals surface area contributed by atoms with Crippen molar-refractivity contribution in [3.8, 4) is 0 Å². The zero-order valence-corrected chi connectivity index (χ0v) is 12.0. The Morgan fingerprint density at radius 2 is 1.83 bits per heavy atom. The summed E-state index contributed by atoms with van der Waals surface area (Å²) in [4.78, 5) is 13.1. The van der Waals surface area contributed by atoms with Gasteiger partial charge in [-0.3, -0.25) is 4.79 Å². The molecule has 0 atom stereocenters. The van der Waals surface area contributed by atoms with Crippen molar-refractivity contribution in [3.63, 3.8) is 0 Å². The van der Waals surface area contributed by atoms with Gasteiger partial charge in [0.2, 0.25) is 0 Å². The highest BCUT2D eigenvalue weighted by Gasteiger charge is 2.11. The molecule has 4 heteroatoms. The number of carbonyl (C=O) groups excluding carboxylic acids is 1. The average molecular weight is 299 g/mol. The number of benzene rings is 1. The van der Waals surface area contributed by atoms with Gasteiger partial charge in [0.25, 0.3) is 0 Å². The number of ketones is 1. The fourth-order valence-corrected chi connectivity index (χ4v) is 2.94. The van der Waals surface area contributed by atoms with Crippen LogP contribution in [-0.2, 0) is 17.6 Å². The molecule has 0 unspecified atom stereocenters. The predicted octanol–water partition coefficient (Wildman–Crippen LogP) is 4.80. The second-order valence-electron chi connectivity index (χ2n) is 4.00. The zero-order valence-electron chi connectivity index (χ0n) is 9.66. The lowest BCUT2D eigenvalue weighted by Crippen LogP contribution is -2.05. The fourth-order valence-electron chi connectivity index (χ4n) is 1.70. The highest BCUT2D eigenvalue weighted by atomic mass is 35.5. The predicted molar refractivity (Wildman–Crippen MR) is 77.8 cm³/mol. The van der Waals surface area contributed by atoms with Gasteiger partial charge >= 0.3 is 0 Å². The number of hydrogen-bond donors (Lipinski definition) is 0. The first-order valence-electron chi connectivity index (χ1n) is 5.64. The molecule has 0 bridgehead atoms. The van der Waals surface area contributed by atoms with E-state index in [1.54, 1.807) is 29.5 Å². The Bertz CT molecular complexity index is 514. The van der Waals surface area contributed by atoms with Gasteiger partial charge in [0.1, 0.15) is 5.78 Å². The molecule has 0 radical (unpaired) electrons. The van der Waals surface area contributed by atoms with Crippen LogP contribution in [0.2, 0.25) is 10.0 Å². The Balaban J connectivity index is 1.95. The molecule has 0 aliphatic carbocycles. The van der Waals surface area contributed by atoms with Crippen LogP contribution in [0.4, 0.5) is 0 Å². The molecule has 2 rings (SSSR count). The molecule has 0 aliphatic rings. The molecule has 1 nitrogen and oxygen atoms in total. The van der Waals surface area contributed by atoms with Crippen molar-refractivity contribution in [2.45, 2.75) is 19.3 Å². The molecule has 0 aliphatic heterocycles. The van der Waals surface area contributed by atoms with Crippen LogP contribution >= 0.6 is 34.5 Å². The maximum atomic E-state index is 11.9. The van der Waals surface area contributed by atoms with Crippen LogP contribution in [0.5, 0.6) is 0 Å². The fraction of sp³-hybridized carbons (Fsp3) is 0.214. The quantitative estimate of drug-likeness (QED) is 0.775. The highest BCUT2D eigenvalue weighted by molar-refractivity contribution is 7.09. The van der Waals surface area contributed by atoms with Gasteiger partial charge in [-0.05, 0) is 35.6 Å². The van der Waals surface area contributed by atoms with E-state index in [-0.39, 0.29) is 5.78 Å². The van der Waals surface area contributed by atoms with E-state index in [1.807, 2.05) is 17.5 Å². The summed E-state index contributed by atoms with van der Waals surface area (Å²) in [5.74, 6) is 0.165. The number of halogens is 2. The molecule has 1 heterocycles. The minimum absolute atomic E-state index is 0.165. The highest BCUT2D eigenvalue weighted by Crippen LogP contribution is 2.25. The number of rotatable bonds is 5. The van der Waals surface area contributed by atoms with Crippen LogP contribution in [0.15, 0.2) is 35.7 Å². The Morgan fingerprint density at radius 1 is 1.11 bits per heavy atom. The monoisotopic (exact) mass is 298 g/mol. The van der Waals surface area contributed by atoms with Gasteiger partial charge in [-0.15, -0.1) is 11.3 Å². The van der Waals surface area contributed by atoms with Crippen molar-refractivity contribution >= 4 is 40.3 Å². The van der Waals surface area contributed by atoms with Crippen LogP contribution < -0.4 is 0 Å². The van der Waals surface area contributed by atoms with Crippen molar-refractivity contribution in [1.82, 2.24) is 0 Å². The van der Waals surface area contributed by atoms with Crippen LogP contribution in [-0.4, -0.2) is 5.78 Å². The van der Waals surface area contributed by atoms with Crippen molar-refractivity contribution in [2.24, 2.45) is 0 Å². The van der Waals surface area contributed by atoms with Gasteiger partial charge in [0.15, 0.2) is 0 Å². The lowest BCUT2D eigenvalue weighted by molar-refractivity contribution is -0.118. The van der Waals surface area contributed by atoms with E-state index in [1.165, 1.54) is 4.88 Å². The maximum absolute atomic E-state index is 11.9. The second-order valence-corrected chi connectivity index (χ2v) is 5.84. The Morgan fingerprint density at radius 3 is 2.44 bits per heavy atom. The first-order valence-corrected chi connectivity index (χ1v) is 7.27. The summed E-state index contributed by atoms with van der Waals surface area (Å²) in [6, 6.07) is 9.34. The average Bonchev–Trinajstić information content (AvgIpc) is 2.84. The molecule has 0 saturated carbocycles. The van der Waals surface area contributed by atoms with Gasteiger partial charge in [0, 0.05) is 27.8 Å². The van der Waals surface area contributed by atoms with E-state index in [2.05, 4.69) is 0 Å². The standard InChI is InChI=1S/C14H12Cl2OS/c15-13-4-1-5-14(16)12(13)9-10(17)6-7-11-3-2-8-18-11/h1-5,8H,6-7,9H2. The Hall–Kier alpha value is -0.830. The third-order valence-corrected chi connectivity index (χ3v) is 4.31.